The van der Waals surface area contributed by atoms with Crippen LogP contribution in [0.15, 0.2) is 16.6 Å². The van der Waals surface area contributed by atoms with Gasteiger partial charge >= 0.3 is 0 Å². The van der Waals surface area contributed by atoms with Gasteiger partial charge in [-0.15, -0.1) is 0 Å². The first kappa shape index (κ1) is 15.5. The van der Waals surface area contributed by atoms with Crippen molar-refractivity contribution in [3.8, 4) is 5.75 Å². The van der Waals surface area contributed by atoms with Crippen LogP contribution in [0.25, 0.3) is 0 Å². The number of nitrogens with one attached hydrogen (secondary N) is 1. The number of ether oxygens (including phenoxy) is 1. The molecule has 2 nitrogen and oxygen atoms in total. The van der Waals surface area contributed by atoms with Crippen LogP contribution in [0.4, 0.5) is 0 Å². The van der Waals surface area contributed by atoms with E-state index in [0.29, 0.717) is 5.92 Å². The van der Waals surface area contributed by atoms with E-state index in [1.54, 1.807) is 0 Å². The smallest absolute Gasteiger partial charge is 0.126 e. The minimum atomic E-state index is 0.679. The van der Waals surface area contributed by atoms with Crippen LogP contribution in [0.5, 0.6) is 5.75 Å². The third kappa shape index (κ3) is 4.99. The molecule has 1 N–H and O–H groups in total. The molecule has 0 unspecified atom stereocenters. The Hall–Kier alpha value is -0.540. The van der Waals surface area contributed by atoms with Gasteiger partial charge in [0.1, 0.15) is 5.75 Å². The number of aryl methyl sites for hydroxylation is 1. The Balaban J connectivity index is 2.78. The van der Waals surface area contributed by atoms with E-state index in [2.05, 4.69) is 61.1 Å². The molecule has 0 radical (unpaired) electrons. The molecule has 0 aromatic heterocycles. The third-order valence-corrected chi connectivity index (χ3v) is 3.28. The van der Waals surface area contributed by atoms with Gasteiger partial charge in [-0.1, -0.05) is 36.7 Å². The van der Waals surface area contributed by atoms with Gasteiger partial charge in [0, 0.05) is 16.6 Å². The fourth-order valence-corrected chi connectivity index (χ4v) is 2.41. The maximum atomic E-state index is 5.97. The van der Waals surface area contributed by atoms with Crippen LogP contribution in [0.1, 0.15) is 38.3 Å². The molecule has 0 fully saturated rings. The summed E-state index contributed by atoms with van der Waals surface area (Å²) in [6.45, 7) is 11.3. The van der Waals surface area contributed by atoms with Crippen LogP contribution in [0.2, 0.25) is 0 Å². The number of benzene rings is 1. The van der Waals surface area contributed by atoms with Crippen LogP contribution in [-0.2, 0) is 6.54 Å². The van der Waals surface area contributed by atoms with E-state index in [-0.39, 0.29) is 0 Å². The van der Waals surface area contributed by atoms with Gasteiger partial charge in [0.15, 0.2) is 0 Å². The molecule has 1 aromatic carbocycles. The summed E-state index contributed by atoms with van der Waals surface area (Å²) in [6, 6.07) is 4.25. The van der Waals surface area contributed by atoms with E-state index in [4.69, 9.17) is 4.74 Å². The first-order valence-electron chi connectivity index (χ1n) is 6.67. The molecule has 0 atom stereocenters. The average molecular weight is 314 g/mol. The Morgan fingerprint density at radius 2 is 2.06 bits per heavy atom. The molecule has 0 bridgehead atoms. The highest BCUT2D eigenvalue weighted by molar-refractivity contribution is 9.10. The van der Waals surface area contributed by atoms with Gasteiger partial charge in [-0.3, -0.25) is 0 Å². The van der Waals surface area contributed by atoms with E-state index in [1.165, 1.54) is 11.1 Å². The van der Waals surface area contributed by atoms with Crippen LogP contribution in [0, 0.1) is 12.8 Å². The number of rotatable bonds is 7. The lowest BCUT2D eigenvalue weighted by Crippen LogP contribution is -2.14. The maximum Gasteiger partial charge on any atom is 0.126 e. The second kappa shape index (κ2) is 7.80. The average Bonchev–Trinajstić information content (AvgIpc) is 2.28. The molecular formula is C15H24BrNO. The topological polar surface area (TPSA) is 21.3 Å². The summed E-state index contributed by atoms with van der Waals surface area (Å²) in [5, 5.41) is 3.36. The summed E-state index contributed by atoms with van der Waals surface area (Å²) in [6.07, 6.45) is 1.09. The van der Waals surface area contributed by atoms with Crippen LogP contribution >= 0.6 is 15.9 Å². The predicted octanol–water partition coefficient (Wildman–Crippen LogP) is 4.29. The van der Waals surface area contributed by atoms with Crippen LogP contribution in [0.3, 0.4) is 0 Å². The van der Waals surface area contributed by atoms with E-state index >= 15 is 0 Å². The van der Waals surface area contributed by atoms with E-state index in [9.17, 15) is 0 Å². The highest BCUT2D eigenvalue weighted by Gasteiger charge is 2.09. The first-order valence-corrected chi connectivity index (χ1v) is 7.46. The molecule has 102 valence electrons. The summed E-state index contributed by atoms with van der Waals surface area (Å²) in [4.78, 5) is 0. The molecule has 18 heavy (non-hydrogen) atoms. The second-order valence-electron chi connectivity index (χ2n) is 5.02. The molecule has 0 saturated heterocycles. The fraction of sp³-hybridized carbons (Fsp3) is 0.600. The zero-order valence-corrected chi connectivity index (χ0v) is 13.4. The number of halogens is 1. The minimum Gasteiger partial charge on any atom is -0.493 e. The van der Waals surface area contributed by atoms with Crippen molar-refractivity contribution in [1.82, 2.24) is 5.32 Å². The highest BCUT2D eigenvalue weighted by Crippen LogP contribution is 2.28. The fourth-order valence-electron chi connectivity index (χ4n) is 1.79. The van der Waals surface area contributed by atoms with Gasteiger partial charge in [-0.25, -0.2) is 0 Å². The molecule has 0 saturated carbocycles. The normalized spacial score (nSPS) is 11.0. The Morgan fingerprint density at radius 3 is 2.67 bits per heavy atom. The summed E-state index contributed by atoms with van der Waals surface area (Å²) < 4.78 is 7.08. The van der Waals surface area contributed by atoms with Gasteiger partial charge in [0.05, 0.1) is 6.61 Å². The summed E-state index contributed by atoms with van der Waals surface area (Å²) in [7, 11) is 0. The summed E-state index contributed by atoms with van der Waals surface area (Å²) in [5.74, 6) is 1.72. The number of hydrogen-bond donors (Lipinski definition) is 1. The minimum absolute atomic E-state index is 0.679. The van der Waals surface area contributed by atoms with Crippen molar-refractivity contribution < 1.29 is 4.74 Å². The van der Waals surface area contributed by atoms with Crippen molar-refractivity contribution in [2.24, 2.45) is 5.92 Å². The van der Waals surface area contributed by atoms with E-state index < -0.39 is 0 Å². The van der Waals surface area contributed by atoms with Gasteiger partial charge < -0.3 is 10.1 Å². The monoisotopic (exact) mass is 313 g/mol. The van der Waals surface area contributed by atoms with Crippen LogP contribution in [-0.4, -0.2) is 13.2 Å². The van der Waals surface area contributed by atoms with Gasteiger partial charge in [0.25, 0.3) is 0 Å². The lowest BCUT2D eigenvalue weighted by atomic mass is 10.1. The van der Waals surface area contributed by atoms with Crippen molar-refractivity contribution in [2.75, 3.05) is 13.2 Å². The Labute approximate surface area is 119 Å². The quantitative estimate of drug-likeness (QED) is 0.810. The molecular weight excluding hydrogens is 290 g/mol. The van der Waals surface area contributed by atoms with Gasteiger partial charge in [0.2, 0.25) is 0 Å². The number of hydrogen-bond acceptors (Lipinski definition) is 2. The Kier molecular flexibility index (Phi) is 6.72. The molecule has 0 spiro atoms. The third-order valence-electron chi connectivity index (χ3n) is 2.82. The standard InChI is InChI=1S/C15H24BrNO/c1-5-17-10-13-9-14(16)8-12(4)15(13)18-7-6-11(2)3/h8-9,11,17H,5-7,10H2,1-4H3. The van der Waals surface area contributed by atoms with E-state index in [1.807, 2.05) is 0 Å². The zero-order chi connectivity index (χ0) is 13.5. The molecule has 0 aliphatic rings. The largest absolute Gasteiger partial charge is 0.493 e. The lowest BCUT2D eigenvalue weighted by Gasteiger charge is -2.16. The Morgan fingerprint density at radius 1 is 1.33 bits per heavy atom. The van der Waals surface area contributed by atoms with Crippen LogP contribution < -0.4 is 10.1 Å². The molecule has 0 amide bonds. The highest BCUT2D eigenvalue weighted by atomic mass is 79.9. The van der Waals surface area contributed by atoms with Gasteiger partial charge in [-0.05, 0) is 43.5 Å². The molecule has 1 rings (SSSR count). The van der Waals surface area contributed by atoms with Crippen molar-refractivity contribution >= 4 is 15.9 Å². The molecule has 0 aliphatic carbocycles. The zero-order valence-electron chi connectivity index (χ0n) is 11.8. The SMILES string of the molecule is CCNCc1cc(Br)cc(C)c1OCCC(C)C. The predicted molar refractivity (Wildman–Crippen MR) is 81.2 cm³/mol. The molecule has 0 aliphatic heterocycles. The summed E-state index contributed by atoms with van der Waals surface area (Å²) >= 11 is 3.55. The molecule has 1 aromatic rings. The Bertz CT molecular complexity index is 377. The second-order valence-corrected chi connectivity index (χ2v) is 5.94. The summed E-state index contributed by atoms with van der Waals surface area (Å²) in [5.41, 5.74) is 2.42. The molecule has 3 heteroatoms. The van der Waals surface area contributed by atoms with Crippen molar-refractivity contribution in [3.63, 3.8) is 0 Å². The maximum absolute atomic E-state index is 5.97. The van der Waals surface area contributed by atoms with Crippen molar-refractivity contribution in [1.29, 1.82) is 0 Å². The van der Waals surface area contributed by atoms with Gasteiger partial charge in [-0.2, -0.15) is 0 Å². The lowest BCUT2D eigenvalue weighted by molar-refractivity contribution is 0.284. The van der Waals surface area contributed by atoms with Crippen molar-refractivity contribution in [3.05, 3.63) is 27.7 Å². The first-order chi connectivity index (χ1) is 8.54. The van der Waals surface area contributed by atoms with Crippen molar-refractivity contribution in [2.45, 2.75) is 40.7 Å². The molecule has 0 heterocycles. The van der Waals surface area contributed by atoms with E-state index in [0.717, 1.165) is 36.3 Å².